The monoisotopic (exact) mass is 669 g/mol. The molecule has 0 saturated heterocycles. The van der Waals surface area contributed by atoms with Crippen LogP contribution in [-0.4, -0.2) is 18.4 Å². The summed E-state index contributed by atoms with van der Waals surface area (Å²) in [7, 11) is -3.62. The molecule has 226 valence electrons. The number of hydrogen-bond acceptors (Lipinski definition) is 6. The zero-order valence-corrected chi connectivity index (χ0v) is 28.5. The van der Waals surface area contributed by atoms with E-state index in [1.54, 1.807) is 84.9 Å². The number of sulfonamides is 1. The molecular weight excluding hydrogens is 649 g/mol. The summed E-state index contributed by atoms with van der Waals surface area (Å²) in [6.07, 6.45) is 0. The Kier molecular flexibility index (Phi) is 8.52. The quantitative estimate of drug-likeness (QED) is 0.164. The molecule has 0 radical (unpaired) electrons. The van der Waals surface area contributed by atoms with Crippen LogP contribution in [0.5, 0.6) is 0 Å². The van der Waals surface area contributed by atoms with Crippen molar-refractivity contribution in [2.24, 2.45) is 0 Å². The Morgan fingerprint density at radius 2 is 0.915 bits per heavy atom. The number of H-pyrrole nitrogens is 2. The molecule has 0 bridgehead atoms. The van der Waals surface area contributed by atoms with Crippen molar-refractivity contribution in [3.05, 3.63) is 148 Å². The normalized spacial score (nSPS) is 11.6. The van der Waals surface area contributed by atoms with Gasteiger partial charge in [-0.15, -0.1) is 0 Å². The Hall–Kier alpha value is -4.42. The Bertz CT molecular complexity index is 2750. The van der Waals surface area contributed by atoms with Gasteiger partial charge in [0, 0.05) is 37.2 Å². The number of nitrogens with zero attached hydrogens (tertiary/aromatic N) is 1. The zero-order valence-electron chi connectivity index (χ0n) is 24.9. The van der Waals surface area contributed by atoms with Crippen LogP contribution >= 0.6 is 11.8 Å². The molecule has 0 fully saturated rings. The van der Waals surface area contributed by atoms with E-state index in [1.165, 1.54) is 12.1 Å². The summed E-state index contributed by atoms with van der Waals surface area (Å²) < 4.78 is 24.8. The van der Waals surface area contributed by atoms with Gasteiger partial charge in [0.1, 0.15) is 10.0 Å². The molecule has 1 heterocycles. The van der Waals surface area contributed by atoms with Crippen LogP contribution in [-0.2, 0) is 10.0 Å². The molecule has 9 nitrogen and oxygen atoms in total. The second kappa shape index (κ2) is 12.3. The number of nitrogens with one attached hydrogen (secondary N) is 2. The molecule has 47 heavy (non-hydrogen) atoms. The van der Waals surface area contributed by atoms with E-state index >= 15 is 0 Å². The van der Waals surface area contributed by atoms with Crippen LogP contribution in [0, 0.1) is 6.92 Å². The standard InChI is InChI=1S/C28H14N2O4.C7H7ClNO2S.Na/c31-25-13-5-1-3-7-15(13)27(33)21-17(25)9-11-19-23(21)29-20-12-10-18-22(24(20)30-19)28(34)16-8-4-2-6-14(16)26(18)32;1-6-2-4-7(5-3-6)12(10,11)9-8;/h1-12,29-30H;2-5H,1H3;/q;-1;+1. The fourth-order valence-corrected chi connectivity index (χ4v) is 6.66. The second-order valence-corrected chi connectivity index (χ2v) is 12.8. The Labute approximate surface area is 292 Å². The van der Waals surface area contributed by atoms with Gasteiger partial charge >= 0.3 is 29.6 Å². The fraction of sp³-hybridized carbons (Fsp3) is 0.0286. The van der Waals surface area contributed by atoms with Gasteiger partial charge in [0.05, 0.1) is 32.8 Å². The number of rotatable bonds is 2. The third kappa shape index (κ3) is 5.33. The summed E-state index contributed by atoms with van der Waals surface area (Å²) in [5, 5.41) is 2.76. The molecule has 0 aliphatic carbocycles. The predicted molar refractivity (Wildman–Crippen MR) is 184 cm³/mol. The third-order valence-electron chi connectivity index (χ3n) is 8.12. The second-order valence-electron chi connectivity index (χ2n) is 10.8. The molecule has 0 unspecified atom stereocenters. The van der Waals surface area contributed by atoms with Crippen LogP contribution in [0.1, 0.15) is 5.56 Å². The summed E-state index contributed by atoms with van der Waals surface area (Å²) >= 11 is 4.90. The van der Waals surface area contributed by atoms with Gasteiger partial charge in [0.15, 0.2) is 21.7 Å². The van der Waals surface area contributed by atoms with E-state index in [1.807, 2.05) is 6.92 Å². The molecule has 0 atom stereocenters. The van der Waals surface area contributed by atoms with Crippen molar-refractivity contribution in [2.75, 3.05) is 0 Å². The minimum Gasteiger partial charge on any atom is -0.458 e. The molecule has 0 aliphatic heterocycles. The van der Waals surface area contributed by atoms with E-state index in [2.05, 4.69) is 14.2 Å². The third-order valence-corrected chi connectivity index (χ3v) is 9.71. The van der Waals surface area contributed by atoms with Crippen molar-refractivity contribution in [1.82, 2.24) is 9.97 Å². The summed E-state index contributed by atoms with van der Waals surface area (Å²) in [5.41, 5.74) is 2.17. The minimum atomic E-state index is -3.62. The van der Waals surface area contributed by atoms with Crippen molar-refractivity contribution in [3.8, 4) is 0 Å². The maximum Gasteiger partial charge on any atom is 1.00 e. The first kappa shape index (κ1) is 32.5. The zero-order chi connectivity index (χ0) is 32.3. The average Bonchev–Trinajstić information content (AvgIpc) is 3.08. The van der Waals surface area contributed by atoms with Gasteiger partial charge in [-0.25, -0.2) is 8.42 Å². The maximum absolute atomic E-state index is 13.4. The van der Waals surface area contributed by atoms with Crippen LogP contribution in [0.25, 0.3) is 69.4 Å². The van der Waals surface area contributed by atoms with E-state index in [0.29, 0.717) is 65.2 Å². The van der Waals surface area contributed by atoms with Gasteiger partial charge < -0.3 is 14.2 Å². The molecule has 7 aromatic carbocycles. The van der Waals surface area contributed by atoms with Gasteiger partial charge in [-0.3, -0.25) is 31.0 Å². The Morgan fingerprint density at radius 3 is 1.30 bits per heavy atom. The SMILES string of the molecule is Cc1ccc(S(=O)(=O)[N-]Cl)cc1.O=c1c2ccccc2c(=O)c2c1ccc1[nH]c3c(ccc4c(=O)c5ccccc5c(=O)c43)[nH]c12.[Na+]. The summed E-state index contributed by atoms with van der Waals surface area (Å²) in [6.45, 7) is 1.87. The molecule has 0 saturated carbocycles. The summed E-state index contributed by atoms with van der Waals surface area (Å²) in [6, 6.07) is 26.6. The smallest absolute Gasteiger partial charge is 0.458 e. The van der Waals surface area contributed by atoms with Gasteiger partial charge in [-0.2, -0.15) is 0 Å². The van der Waals surface area contributed by atoms with Crippen molar-refractivity contribution >= 4 is 87.0 Å². The number of aryl methyl sites for hydroxylation is 1. The van der Waals surface area contributed by atoms with Gasteiger partial charge in [-0.05, 0) is 43.3 Å². The maximum atomic E-state index is 13.4. The topological polar surface area (TPSA) is 148 Å². The van der Waals surface area contributed by atoms with Crippen molar-refractivity contribution in [3.63, 3.8) is 0 Å². The number of hydrogen-bond donors (Lipinski definition) is 2. The fourth-order valence-electron chi connectivity index (χ4n) is 5.86. The van der Waals surface area contributed by atoms with Crippen LogP contribution in [0.4, 0.5) is 0 Å². The largest absolute Gasteiger partial charge is 1.00 e. The van der Waals surface area contributed by atoms with E-state index in [4.69, 9.17) is 11.8 Å². The molecule has 8 aromatic rings. The first-order chi connectivity index (χ1) is 22.1. The minimum absolute atomic E-state index is 0. The average molecular weight is 670 g/mol. The van der Waals surface area contributed by atoms with Gasteiger partial charge in [-0.1, -0.05) is 66.2 Å². The molecule has 12 heteroatoms. The van der Waals surface area contributed by atoms with Gasteiger partial charge in [0.25, 0.3) is 0 Å². The Morgan fingerprint density at radius 1 is 0.532 bits per heavy atom. The Balaban J connectivity index is 0.000000254. The number of aromatic amines is 2. The summed E-state index contributed by atoms with van der Waals surface area (Å²) in [4.78, 5) is 59.6. The molecule has 8 rings (SSSR count). The number of aromatic nitrogens is 2. The molecule has 0 aliphatic rings. The molecule has 0 spiro atoms. The van der Waals surface area contributed by atoms with E-state index in [9.17, 15) is 27.6 Å². The summed E-state index contributed by atoms with van der Waals surface area (Å²) in [5.74, 6) is 0. The predicted octanol–water partition coefficient (Wildman–Crippen LogP) is 3.36. The van der Waals surface area contributed by atoms with Crippen molar-refractivity contribution < 1.29 is 38.0 Å². The molecule has 0 amide bonds. The molecule has 1 aromatic heterocycles. The van der Waals surface area contributed by atoms with Crippen LogP contribution in [0.2, 0.25) is 0 Å². The van der Waals surface area contributed by atoms with Gasteiger partial charge in [0.2, 0.25) is 0 Å². The number of benzene rings is 7. The van der Waals surface area contributed by atoms with Crippen LogP contribution < -0.4 is 51.3 Å². The number of fused-ring (bicyclic) bond motifs is 8. The van der Waals surface area contributed by atoms with Crippen LogP contribution in [0.3, 0.4) is 0 Å². The number of halogens is 1. The molecular formula is C35H21ClN3NaO6S. The first-order valence-corrected chi connectivity index (χ1v) is 15.8. The van der Waals surface area contributed by atoms with Crippen molar-refractivity contribution in [1.29, 1.82) is 0 Å². The van der Waals surface area contributed by atoms with E-state index < -0.39 is 10.0 Å². The first-order valence-electron chi connectivity index (χ1n) is 14.0. The van der Waals surface area contributed by atoms with Crippen molar-refractivity contribution in [2.45, 2.75) is 11.8 Å². The van der Waals surface area contributed by atoms with E-state index in [-0.39, 0.29) is 56.2 Å². The van der Waals surface area contributed by atoms with Crippen LogP contribution in [0.15, 0.2) is 121 Å². The molecule has 2 N–H and O–H groups in total. The van der Waals surface area contributed by atoms with E-state index in [0.717, 1.165) is 5.56 Å².